The molecule has 1 saturated heterocycles. The summed E-state index contributed by atoms with van der Waals surface area (Å²) in [6, 6.07) is 0.309. The maximum atomic E-state index is 11.1. The molecule has 1 atom stereocenters. The fourth-order valence-electron chi connectivity index (χ4n) is 1.50. The largest absolute Gasteiger partial charge is 0.342 e. The second kappa shape index (κ2) is 5.60. The first-order chi connectivity index (χ1) is 6.33. The number of nitrogens with one attached hydrogen (secondary N) is 2. The van der Waals surface area contributed by atoms with Crippen LogP contribution in [0.15, 0.2) is 0 Å². The molecule has 0 saturated carbocycles. The van der Waals surface area contributed by atoms with Gasteiger partial charge in [0.2, 0.25) is 0 Å². The zero-order chi connectivity index (χ0) is 9.52. The van der Waals surface area contributed by atoms with Crippen molar-refractivity contribution in [1.82, 2.24) is 10.6 Å². The Morgan fingerprint density at radius 3 is 3.08 bits per heavy atom. The quantitative estimate of drug-likeness (QED) is 0.569. The Balaban J connectivity index is 2.32. The van der Waals surface area contributed by atoms with Crippen LogP contribution in [0.2, 0.25) is 0 Å². The Hall–Kier alpha value is -1.01. The number of carbonyl (C=O) groups excluding carboxylic acids is 1. The van der Waals surface area contributed by atoms with Crippen LogP contribution in [-0.2, 0) is 4.79 Å². The lowest BCUT2D eigenvalue weighted by molar-refractivity contribution is -0.116. The minimum absolute atomic E-state index is 0.144. The normalized spacial score (nSPS) is 22.4. The summed E-state index contributed by atoms with van der Waals surface area (Å²) in [5.74, 6) is 4.94. The minimum atomic E-state index is -0.144. The third-order valence-corrected chi connectivity index (χ3v) is 2.15. The topological polar surface area (TPSA) is 41.1 Å². The Morgan fingerprint density at radius 2 is 2.31 bits per heavy atom. The van der Waals surface area contributed by atoms with Gasteiger partial charge in [-0.3, -0.25) is 4.79 Å². The van der Waals surface area contributed by atoms with E-state index in [0.717, 1.165) is 32.4 Å². The van der Waals surface area contributed by atoms with Crippen molar-refractivity contribution in [3.05, 3.63) is 0 Å². The van der Waals surface area contributed by atoms with Gasteiger partial charge in [-0.2, -0.15) is 0 Å². The maximum absolute atomic E-state index is 11.1. The van der Waals surface area contributed by atoms with Crippen LogP contribution < -0.4 is 10.6 Å². The molecule has 72 valence electrons. The molecule has 0 aliphatic carbocycles. The van der Waals surface area contributed by atoms with Crippen molar-refractivity contribution in [2.24, 2.45) is 0 Å². The summed E-state index contributed by atoms with van der Waals surface area (Å²) in [6.07, 6.45) is 3.20. The average molecular weight is 180 g/mol. The van der Waals surface area contributed by atoms with E-state index in [9.17, 15) is 4.79 Å². The SMILES string of the molecule is CC#CC(=O)NC1CCCNCC1. The van der Waals surface area contributed by atoms with Gasteiger partial charge in [0.25, 0.3) is 5.91 Å². The summed E-state index contributed by atoms with van der Waals surface area (Å²) < 4.78 is 0. The van der Waals surface area contributed by atoms with Crippen molar-refractivity contribution in [3.63, 3.8) is 0 Å². The highest BCUT2D eigenvalue weighted by Crippen LogP contribution is 2.04. The van der Waals surface area contributed by atoms with E-state index in [1.54, 1.807) is 6.92 Å². The lowest BCUT2D eigenvalue weighted by Crippen LogP contribution is -2.34. The highest BCUT2D eigenvalue weighted by Gasteiger charge is 2.12. The molecule has 0 aromatic heterocycles. The van der Waals surface area contributed by atoms with Crippen molar-refractivity contribution in [3.8, 4) is 11.8 Å². The number of hydrogen-bond acceptors (Lipinski definition) is 2. The summed E-state index contributed by atoms with van der Waals surface area (Å²) in [6.45, 7) is 3.73. The molecule has 3 nitrogen and oxygen atoms in total. The van der Waals surface area contributed by atoms with Crippen LogP contribution in [0.1, 0.15) is 26.2 Å². The molecule has 0 spiro atoms. The van der Waals surface area contributed by atoms with Crippen molar-refractivity contribution >= 4 is 5.91 Å². The van der Waals surface area contributed by atoms with E-state index in [1.807, 2.05) is 0 Å². The molecular formula is C10H16N2O. The molecule has 0 aromatic carbocycles. The number of hydrogen-bond donors (Lipinski definition) is 2. The monoisotopic (exact) mass is 180 g/mol. The number of amides is 1. The maximum Gasteiger partial charge on any atom is 0.296 e. The van der Waals surface area contributed by atoms with E-state index in [2.05, 4.69) is 22.5 Å². The second-order valence-electron chi connectivity index (χ2n) is 3.23. The third kappa shape index (κ3) is 3.95. The molecule has 3 heteroatoms. The molecule has 1 aliphatic heterocycles. The van der Waals surface area contributed by atoms with Gasteiger partial charge in [0.15, 0.2) is 0 Å². The van der Waals surface area contributed by atoms with Crippen molar-refractivity contribution in [1.29, 1.82) is 0 Å². The molecule has 1 unspecified atom stereocenters. The molecule has 0 aromatic rings. The third-order valence-electron chi connectivity index (χ3n) is 2.15. The van der Waals surface area contributed by atoms with Crippen LogP contribution in [0.3, 0.4) is 0 Å². The fraction of sp³-hybridized carbons (Fsp3) is 0.700. The Kier molecular flexibility index (Phi) is 4.34. The molecule has 1 fully saturated rings. The van der Waals surface area contributed by atoms with Gasteiger partial charge >= 0.3 is 0 Å². The highest BCUT2D eigenvalue weighted by molar-refractivity contribution is 5.93. The van der Waals surface area contributed by atoms with Gasteiger partial charge in [-0.05, 0) is 45.2 Å². The summed E-state index contributed by atoms with van der Waals surface area (Å²) in [5, 5.41) is 6.20. The van der Waals surface area contributed by atoms with Gasteiger partial charge in [-0.25, -0.2) is 0 Å². The highest BCUT2D eigenvalue weighted by atomic mass is 16.1. The van der Waals surface area contributed by atoms with Crippen molar-refractivity contribution in [2.45, 2.75) is 32.2 Å². The molecule has 13 heavy (non-hydrogen) atoms. The van der Waals surface area contributed by atoms with Gasteiger partial charge in [0.05, 0.1) is 0 Å². The molecule has 1 rings (SSSR count). The Morgan fingerprint density at radius 1 is 1.46 bits per heavy atom. The van der Waals surface area contributed by atoms with E-state index in [1.165, 1.54) is 0 Å². The van der Waals surface area contributed by atoms with E-state index >= 15 is 0 Å². The summed E-state index contributed by atoms with van der Waals surface area (Å²) in [7, 11) is 0. The molecule has 1 aliphatic rings. The molecule has 2 N–H and O–H groups in total. The van der Waals surface area contributed by atoms with Gasteiger partial charge in [0, 0.05) is 6.04 Å². The number of carbonyl (C=O) groups is 1. The van der Waals surface area contributed by atoms with E-state index < -0.39 is 0 Å². The van der Waals surface area contributed by atoms with Crippen LogP contribution in [0.25, 0.3) is 0 Å². The Labute approximate surface area is 79.3 Å². The molecule has 1 heterocycles. The first-order valence-corrected chi connectivity index (χ1v) is 4.77. The lowest BCUT2D eigenvalue weighted by Gasteiger charge is -2.13. The van der Waals surface area contributed by atoms with Crippen LogP contribution in [-0.4, -0.2) is 25.0 Å². The first kappa shape index (κ1) is 10.1. The average Bonchev–Trinajstić information content (AvgIpc) is 2.33. The van der Waals surface area contributed by atoms with E-state index in [4.69, 9.17) is 0 Å². The molecule has 0 bridgehead atoms. The second-order valence-corrected chi connectivity index (χ2v) is 3.23. The van der Waals surface area contributed by atoms with Gasteiger partial charge in [0.1, 0.15) is 0 Å². The Bertz CT molecular complexity index is 219. The van der Waals surface area contributed by atoms with Crippen molar-refractivity contribution in [2.75, 3.05) is 13.1 Å². The van der Waals surface area contributed by atoms with Crippen molar-refractivity contribution < 1.29 is 4.79 Å². The summed E-state index contributed by atoms with van der Waals surface area (Å²) >= 11 is 0. The summed E-state index contributed by atoms with van der Waals surface area (Å²) in [4.78, 5) is 11.1. The first-order valence-electron chi connectivity index (χ1n) is 4.77. The standard InChI is InChI=1S/C10H16N2O/c1-2-4-10(13)12-9-5-3-7-11-8-6-9/h9,11H,3,5-8H2,1H3,(H,12,13). The number of rotatable bonds is 1. The zero-order valence-corrected chi connectivity index (χ0v) is 8.02. The predicted molar refractivity (Wildman–Crippen MR) is 52.1 cm³/mol. The smallest absolute Gasteiger partial charge is 0.296 e. The minimum Gasteiger partial charge on any atom is -0.342 e. The van der Waals surface area contributed by atoms with E-state index in [-0.39, 0.29) is 5.91 Å². The predicted octanol–water partition coefficient (Wildman–Crippen LogP) is 0.268. The van der Waals surface area contributed by atoms with E-state index in [0.29, 0.717) is 6.04 Å². The van der Waals surface area contributed by atoms with Crippen LogP contribution in [0.5, 0.6) is 0 Å². The van der Waals surface area contributed by atoms with Crippen LogP contribution in [0, 0.1) is 11.8 Å². The van der Waals surface area contributed by atoms with Crippen LogP contribution in [0.4, 0.5) is 0 Å². The molecule has 0 radical (unpaired) electrons. The van der Waals surface area contributed by atoms with Gasteiger partial charge < -0.3 is 10.6 Å². The summed E-state index contributed by atoms with van der Waals surface area (Å²) in [5.41, 5.74) is 0. The zero-order valence-electron chi connectivity index (χ0n) is 8.02. The molecular weight excluding hydrogens is 164 g/mol. The lowest BCUT2D eigenvalue weighted by atomic mass is 10.1. The fourth-order valence-corrected chi connectivity index (χ4v) is 1.50. The molecule has 1 amide bonds. The van der Waals surface area contributed by atoms with Gasteiger partial charge in [-0.1, -0.05) is 5.92 Å². The van der Waals surface area contributed by atoms with Gasteiger partial charge in [-0.15, -0.1) is 0 Å². The van der Waals surface area contributed by atoms with Crippen LogP contribution >= 0.6 is 0 Å².